The predicted octanol–water partition coefficient (Wildman–Crippen LogP) is 3.31. The fourth-order valence-corrected chi connectivity index (χ4v) is 7.14. The van der Waals surface area contributed by atoms with Crippen LogP contribution in [0.3, 0.4) is 0 Å². The van der Waals surface area contributed by atoms with Crippen molar-refractivity contribution in [1.82, 2.24) is 14.9 Å². The first kappa shape index (κ1) is 25.4. The summed E-state index contributed by atoms with van der Waals surface area (Å²) >= 11 is 1.17. The third-order valence-corrected chi connectivity index (χ3v) is 10.1. The molecule has 3 aliphatic rings. The number of carbonyl (C=O) groups is 3. The van der Waals surface area contributed by atoms with Gasteiger partial charge in [0.05, 0.1) is 27.8 Å². The Kier molecular flexibility index (Phi) is 6.51. The molecule has 10 nitrogen and oxygen atoms in total. The summed E-state index contributed by atoms with van der Waals surface area (Å²) in [7, 11) is -3.34. The van der Waals surface area contributed by atoms with Gasteiger partial charge in [0.25, 0.3) is 17.7 Å². The van der Waals surface area contributed by atoms with Crippen LogP contribution >= 0.6 is 11.3 Å². The number of rotatable bonds is 8. The summed E-state index contributed by atoms with van der Waals surface area (Å²) in [5, 5.41) is 9.18. The number of imide groups is 1. The Hall–Kier alpha value is -3.90. The Balaban J connectivity index is 1.19. The summed E-state index contributed by atoms with van der Waals surface area (Å²) in [5.74, 6) is -1.20. The van der Waals surface area contributed by atoms with Crippen LogP contribution in [0.1, 0.15) is 56.8 Å². The minimum atomic E-state index is -3.34. The summed E-state index contributed by atoms with van der Waals surface area (Å²) in [6.45, 7) is 1.50. The SMILES string of the molecule is O=C(Nc1ncc(CN2C(=O)c3ccccc3C2=O)s1)/C(=N/N1CCCC1)c1ccc(S(=O)(=O)C2CC2)cc1. The van der Waals surface area contributed by atoms with Crippen LogP contribution in [-0.4, -0.2) is 65.1 Å². The van der Waals surface area contributed by atoms with E-state index in [1.807, 2.05) is 5.01 Å². The lowest BCUT2D eigenvalue weighted by atomic mass is 10.1. The molecule has 0 bridgehead atoms. The van der Waals surface area contributed by atoms with Gasteiger partial charge in [-0.05, 0) is 49.9 Å². The number of nitrogens with one attached hydrogen (secondary N) is 1. The van der Waals surface area contributed by atoms with Crippen LogP contribution in [-0.2, 0) is 21.2 Å². The van der Waals surface area contributed by atoms with Crippen molar-refractivity contribution in [3.8, 4) is 0 Å². The van der Waals surface area contributed by atoms with Gasteiger partial charge < -0.3 is 0 Å². The lowest BCUT2D eigenvalue weighted by Crippen LogP contribution is -2.28. The smallest absolute Gasteiger partial charge is 0.278 e. The molecule has 12 heteroatoms. The maximum Gasteiger partial charge on any atom is 0.278 e. The molecule has 39 heavy (non-hydrogen) atoms. The topological polar surface area (TPSA) is 129 Å². The highest BCUT2D eigenvalue weighted by molar-refractivity contribution is 7.92. The molecule has 1 aromatic heterocycles. The Labute approximate surface area is 229 Å². The van der Waals surface area contributed by atoms with Crippen molar-refractivity contribution in [3.63, 3.8) is 0 Å². The number of nitrogens with zero attached hydrogens (tertiary/aromatic N) is 4. The number of hydrazone groups is 1. The zero-order valence-corrected chi connectivity index (χ0v) is 22.5. The van der Waals surface area contributed by atoms with Gasteiger partial charge in [0, 0.05) is 29.7 Å². The number of carbonyl (C=O) groups excluding carboxylic acids is 3. The van der Waals surface area contributed by atoms with Crippen LogP contribution in [0.4, 0.5) is 5.13 Å². The van der Waals surface area contributed by atoms with Crippen LogP contribution < -0.4 is 5.32 Å². The highest BCUT2D eigenvalue weighted by atomic mass is 32.2. The predicted molar refractivity (Wildman–Crippen MR) is 145 cm³/mol. The fourth-order valence-electron chi connectivity index (χ4n) is 4.68. The Bertz CT molecular complexity index is 1570. The summed E-state index contributed by atoms with van der Waals surface area (Å²) in [4.78, 5) is 45.1. The molecular formula is C27H25N5O5S2. The number of hydrogen-bond donors (Lipinski definition) is 1. The minimum Gasteiger partial charge on any atom is -0.296 e. The maximum absolute atomic E-state index is 13.4. The van der Waals surface area contributed by atoms with Crippen molar-refractivity contribution in [2.75, 3.05) is 18.4 Å². The van der Waals surface area contributed by atoms with E-state index in [4.69, 9.17) is 0 Å². The van der Waals surface area contributed by atoms with Gasteiger partial charge in [-0.15, -0.1) is 0 Å². The van der Waals surface area contributed by atoms with E-state index >= 15 is 0 Å². The highest BCUT2D eigenvalue weighted by Gasteiger charge is 2.37. The molecule has 1 saturated carbocycles. The van der Waals surface area contributed by atoms with E-state index in [0.29, 0.717) is 39.5 Å². The molecule has 3 aromatic rings. The number of hydrogen-bond acceptors (Lipinski definition) is 9. The number of fused-ring (bicyclic) bond motifs is 1. The molecule has 0 spiro atoms. The first-order chi connectivity index (χ1) is 18.8. The van der Waals surface area contributed by atoms with Crippen LogP contribution in [0.2, 0.25) is 0 Å². The molecule has 0 radical (unpaired) electrons. The second-order valence-corrected chi connectivity index (χ2v) is 13.0. The Morgan fingerprint density at radius 2 is 1.64 bits per heavy atom. The number of thiazole rings is 1. The molecule has 2 fully saturated rings. The average molecular weight is 564 g/mol. The molecule has 200 valence electrons. The van der Waals surface area contributed by atoms with Crippen molar-refractivity contribution in [3.05, 3.63) is 76.3 Å². The minimum absolute atomic E-state index is 0.0472. The van der Waals surface area contributed by atoms with Gasteiger partial charge in [0.2, 0.25) is 0 Å². The molecule has 1 aliphatic carbocycles. The van der Waals surface area contributed by atoms with Crippen molar-refractivity contribution < 1.29 is 22.8 Å². The van der Waals surface area contributed by atoms with Gasteiger partial charge in [0.1, 0.15) is 0 Å². The quantitative estimate of drug-likeness (QED) is 0.329. The second kappa shape index (κ2) is 10.0. The van der Waals surface area contributed by atoms with Crippen LogP contribution in [0.15, 0.2) is 64.7 Å². The fraction of sp³-hybridized carbons (Fsp3) is 0.296. The summed E-state index contributed by atoms with van der Waals surface area (Å²) in [6, 6.07) is 13.0. The van der Waals surface area contributed by atoms with E-state index in [9.17, 15) is 22.8 Å². The molecule has 2 aromatic carbocycles. The number of aromatic nitrogens is 1. The number of sulfone groups is 1. The zero-order valence-electron chi connectivity index (χ0n) is 20.9. The van der Waals surface area contributed by atoms with E-state index in [0.717, 1.165) is 25.9 Å². The third-order valence-electron chi connectivity index (χ3n) is 6.92. The molecule has 6 rings (SSSR count). The van der Waals surface area contributed by atoms with Crippen molar-refractivity contribution in [1.29, 1.82) is 0 Å². The third kappa shape index (κ3) is 4.97. The van der Waals surface area contributed by atoms with Crippen LogP contribution in [0.25, 0.3) is 0 Å². The average Bonchev–Trinajstić information content (AvgIpc) is 3.44. The molecule has 0 unspecified atom stereocenters. The largest absolute Gasteiger partial charge is 0.296 e. The molecular weight excluding hydrogens is 538 g/mol. The normalized spacial score (nSPS) is 17.6. The Morgan fingerprint density at radius 1 is 1.00 bits per heavy atom. The van der Waals surface area contributed by atoms with E-state index in [1.165, 1.54) is 34.6 Å². The van der Waals surface area contributed by atoms with Crippen LogP contribution in [0.5, 0.6) is 0 Å². The summed E-state index contributed by atoms with van der Waals surface area (Å²) < 4.78 is 25.2. The van der Waals surface area contributed by atoms with Gasteiger partial charge in [-0.25, -0.2) is 13.4 Å². The second-order valence-electron chi connectivity index (χ2n) is 9.71. The Morgan fingerprint density at radius 3 is 2.26 bits per heavy atom. The van der Waals surface area contributed by atoms with Gasteiger partial charge in [-0.3, -0.25) is 29.6 Å². The van der Waals surface area contributed by atoms with Crippen molar-refractivity contribution in [2.24, 2.45) is 5.10 Å². The molecule has 1 saturated heterocycles. The molecule has 1 N–H and O–H groups in total. The number of amides is 3. The highest BCUT2D eigenvalue weighted by Crippen LogP contribution is 2.33. The van der Waals surface area contributed by atoms with Gasteiger partial charge in [-0.1, -0.05) is 35.6 Å². The lowest BCUT2D eigenvalue weighted by Gasteiger charge is -2.14. The first-order valence-corrected chi connectivity index (χ1v) is 15.1. The van der Waals surface area contributed by atoms with Crippen molar-refractivity contribution in [2.45, 2.75) is 42.4 Å². The van der Waals surface area contributed by atoms with Gasteiger partial charge >= 0.3 is 0 Å². The van der Waals surface area contributed by atoms with E-state index < -0.39 is 15.7 Å². The number of benzene rings is 2. The first-order valence-electron chi connectivity index (χ1n) is 12.7. The molecule has 3 amide bonds. The lowest BCUT2D eigenvalue weighted by molar-refractivity contribution is -0.110. The van der Waals surface area contributed by atoms with E-state index in [2.05, 4.69) is 15.4 Å². The summed E-state index contributed by atoms with van der Waals surface area (Å²) in [5.41, 5.74) is 1.40. The van der Waals surface area contributed by atoms with Gasteiger partial charge in [0.15, 0.2) is 20.7 Å². The molecule has 0 atom stereocenters. The monoisotopic (exact) mass is 563 g/mol. The maximum atomic E-state index is 13.4. The van der Waals surface area contributed by atoms with Gasteiger partial charge in [-0.2, -0.15) is 5.10 Å². The van der Waals surface area contributed by atoms with Crippen LogP contribution in [0, 0.1) is 0 Å². The number of anilines is 1. The summed E-state index contributed by atoms with van der Waals surface area (Å²) in [6.07, 6.45) is 4.84. The van der Waals surface area contributed by atoms with Crippen molar-refractivity contribution >= 4 is 49.7 Å². The van der Waals surface area contributed by atoms with E-state index in [-0.39, 0.29) is 34.2 Å². The van der Waals surface area contributed by atoms with E-state index in [1.54, 1.807) is 36.4 Å². The standard InChI is InChI=1S/C27H25N5O5S2/c33-24(29-27-28-15-18(38-27)16-32-25(34)21-5-1-2-6-22(21)26(32)35)23(30-31-13-3-4-14-31)17-7-9-19(10-8-17)39(36,37)20-11-12-20/h1-2,5-10,15,20H,3-4,11-14,16H2,(H,28,29,33)/b30-23+. The zero-order chi connectivity index (χ0) is 27.1. The molecule has 2 aliphatic heterocycles. The molecule has 3 heterocycles.